The molecule has 80 valence electrons. The Morgan fingerprint density at radius 2 is 1.79 bits per heavy atom. The van der Waals surface area contributed by atoms with Crippen LogP contribution in [0.1, 0.15) is 51.9 Å². The third kappa shape index (κ3) is 2.10. The van der Waals surface area contributed by atoms with Gasteiger partial charge in [-0.2, -0.15) is 0 Å². The summed E-state index contributed by atoms with van der Waals surface area (Å²) >= 11 is 0. The standard InChI is InChI=1S/C12H22N2/c1-2-14(11-8-9-11)12(13)10-6-4-3-5-7-10/h10-11,13H,2-9H2,1H3. The number of rotatable bonds is 3. The van der Waals surface area contributed by atoms with Gasteiger partial charge in [0.2, 0.25) is 0 Å². The molecule has 1 N–H and O–H groups in total. The maximum absolute atomic E-state index is 8.24. The number of amidine groups is 1. The molecule has 0 aromatic heterocycles. The molecule has 0 radical (unpaired) electrons. The average Bonchev–Trinajstić information content (AvgIpc) is 3.04. The van der Waals surface area contributed by atoms with Gasteiger partial charge in [0.25, 0.3) is 0 Å². The molecule has 2 aliphatic rings. The molecule has 2 aliphatic carbocycles. The van der Waals surface area contributed by atoms with E-state index < -0.39 is 0 Å². The van der Waals surface area contributed by atoms with E-state index in [2.05, 4.69) is 11.8 Å². The molecule has 0 spiro atoms. The van der Waals surface area contributed by atoms with E-state index in [1.807, 2.05) is 0 Å². The van der Waals surface area contributed by atoms with Crippen LogP contribution in [-0.2, 0) is 0 Å². The molecule has 0 amide bonds. The van der Waals surface area contributed by atoms with E-state index in [-0.39, 0.29) is 0 Å². The molecule has 2 saturated carbocycles. The van der Waals surface area contributed by atoms with E-state index in [0.717, 1.165) is 18.4 Å². The first-order valence-electron chi connectivity index (χ1n) is 6.18. The van der Waals surface area contributed by atoms with Gasteiger partial charge in [0, 0.05) is 18.5 Å². The van der Waals surface area contributed by atoms with Crippen molar-refractivity contribution in [1.29, 1.82) is 5.41 Å². The van der Waals surface area contributed by atoms with Crippen LogP contribution in [0.3, 0.4) is 0 Å². The van der Waals surface area contributed by atoms with Crippen molar-refractivity contribution >= 4 is 5.84 Å². The second-order valence-electron chi connectivity index (χ2n) is 4.74. The van der Waals surface area contributed by atoms with Crippen molar-refractivity contribution in [3.63, 3.8) is 0 Å². The van der Waals surface area contributed by atoms with Gasteiger partial charge < -0.3 is 4.90 Å². The minimum absolute atomic E-state index is 0.587. The Hall–Kier alpha value is -0.530. The molecule has 0 unspecified atom stereocenters. The minimum Gasteiger partial charge on any atom is -0.358 e. The zero-order valence-corrected chi connectivity index (χ0v) is 9.26. The van der Waals surface area contributed by atoms with Crippen molar-refractivity contribution in [3.8, 4) is 0 Å². The van der Waals surface area contributed by atoms with Crippen LogP contribution in [0.15, 0.2) is 0 Å². The van der Waals surface area contributed by atoms with Crippen LogP contribution in [0.4, 0.5) is 0 Å². The first-order chi connectivity index (χ1) is 6.83. The van der Waals surface area contributed by atoms with E-state index in [0.29, 0.717) is 5.92 Å². The molecule has 0 saturated heterocycles. The van der Waals surface area contributed by atoms with Gasteiger partial charge in [0.1, 0.15) is 0 Å². The van der Waals surface area contributed by atoms with Crippen molar-refractivity contribution in [1.82, 2.24) is 4.90 Å². The third-order valence-corrected chi connectivity index (χ3v) is 3.63. The van der Waals surface area contributed by atoms with Crippen LogP contribution in [0.2, 0.25) is 0 Å². The smallest absolute Gasteiger partial charge is 0.0991 e. The minimum atomic E-state index is 0.587. The van der Waals surface area contributed by atoms with E-state index in [1.165, 1.54) is 44.9 Å². The van der Waals surface area contributed by atoms with Gasteiger partial charge in [-0.1, -0.05) is 19.3 Å². The summed E-state index contributed by atoms with van der Waals surface area (Å²) < 4.78 is 0. The van der Waals surface area contributed by atoms with Crippen molar-refractivity contribution in [2.75, 3.05) is 6.54 Å². The monoisotopic (exact) mass is 194 g/mol. The van der Waals surface area contributed by atoms with Gasteiger partial charge in [-0.05, 0) is 32.6 Å². The molecule has 2 fully saturated rings. The van der Waals surface area contributed by atoms with Crippen LogP contribution in [-0.4, -0.2) is 23.3 Å². The van der Waals surface area contributed by atoms with Crippen LogP contribution < -0.4 is 0 Å². The van der Waals surface area contributed by atoms with Gasteiger partial charge in [0.15, 0.2) is 0 Å². The van der Waals surface area contributed by atoms with Crippen LogP contribution in [0.5, 0.6) is 0 Å². The second kappa shape index (κ2) is 4.33. The maximum atomic E-state index is 8.24. The highest BCUT2D eigenvalue weighted by Gasteiger charge is 2.32. The number of hydrogen-bond acceptors (Lipinski definition) is 1. The largest absolute Gasteiger partial charge is 0.358 e. The molecule has 2 nitrogen and oxygen atoms in total. The summed E-state index contributed by atoms with van der Waals surface area (Å²) in [6.45, 7) is 3.23. The zero-order valence-electron chi connectivity index (χ0n) is 9.26. The zero-order chi connectivity index (χ0) is 9.97. The Morgan fingerprint density at radius 3 is 2.29 bits per heavy atom. The number of nitrogens with one attached hydrogen (secondary N) is 1. The fourth-order valence-corrected chi connectivity index (χ4v) is 2.62. The molecular formula is C12H22N2. The van der Waals surface area contributed by atoms with Gasteiger partial charge in [0.05, 0.1) is 5.84 Å². The molecule has 2 rings (SSSR count). The highest BCUT2D eigenvalue weighted by molar-refractivity contribution is 5.82. The third-order valence-electron chi connectivity index (χ3n) is 3.63. The van der Waals surface area contributed by atoms with E-state index >= 15 is 0 Å². The average molecular weight is 194 g/mol. The summed E-state index contributed by atoms with van der Waals surface area (Å²) in [5.41, 5.74) is 0. The van der Waals surface area contributed by atoms with Crippen LogP contribution in [0.25, 0.3) is 0 Å². The lowest BCUT2D eigenvalue weighted by molar-refractivity contribution is 0.356. The Bertz CT molecular complexity index is 202. The van der Waals surface area contributed by atoms with Gasteiger partial charge in [-0.3, -0.25) is 5.41 Å². The summed E-state index contributed by atoms with van der Waals surface area (Å²) in [5.74, 6) is 1.54. The molecule has 0 heterocycles. The van der Waals surface area contributed by atoms with Gasteiger partial charge in [-0.15, -0.1) is 0 Å². The molecule has 2 heteroatoms. The first-order valence-corrected chi connectivity index (χ1v) is 6.18. The molecule has 0 aliphatic heterocycles. The van der Waals surface area contributed by atoms with Crippen molar-refractivity contribution in [2.45, 2.75) is 57.9 Å². The predicted octanol–water partition coefficient (Wildman–Crippen LogP) is 3.03. The summed E-state index contributed by atoms with van der Waals surface area (Å²) in [6, 6.07) is 0.731. The highest BCUT2D eigenvalue weighted by atomic mass is 15.2. The van der Waals surface area contributed by atoms with Gasteiger partial charge >= 0.3 is 0 Å². The Balaban J connectivity index is 1.90. The Kier molecular flexibility index (Phi) is 3.09. The molecule has 14 heavy (non-hydrogen) atoms. The fraction of sp³-hybridized carbons (Fsp3) is 0.917. The van der Waals surface area contributed by atoms with Crippen molar-refractivity contribution < 1.29 is 0 Å². The molecular weight excluding hydrogens is 172 g/mol. The lowest BCUT2D eigenvalue weighted by Crippen LogP contribution is -2.37. The Labute approximate surface area is 87.2 Å². The van der Waals surface area contributed by atoms with Crippen molar-refractivity contribution in [3.05, 3.63) is 0 Å². The molecule has 0 aromatic carbocycles. The normalized spacial score (nSPS) is 23.5. The van der Waals surface area contributed by atoms with Crippen molar-refractivity contribution in [2.24, 2.45) is 5.92 Å². The summed E-state index contributed by atoms with van der Waals surface area (Å²) in [7, 11) is 0. The van der Waals surface area contributed by atoms with E-state index in [4.69, 9.17) is 5.41 Å². The Morgan fingerprint density at radius 1 is 1.14 bits per heavy atom. The summed E-state index contributed by atoms with van der Waals surface area (Å²) in [4.78, 5) is 2.34. The highest BCUT2D eigenvalue weighted by Crippen LogP contribution is 2.31. The summed E-state index contributed by atoms with van der Waals surface area (Å²) in [6.07, 6.45) is 9.25. The van der Waals surface area contributed by atoms with E-state index in [1.54, 1.807) is 0 Å². The summed E-state index contributed by atoms with van der Waals surface area (Å²) in [5, 5.41) is 8.24. The molecule has 0 bridgehead atoms. The van der Waals surface area contributed by atoms with Gasteiger partial charge in [-0.25, -0.2) is 0 Å². The lowest BCUT2D eigenvalue weighted by atomic mass is 9.88. The predicted molar refractivity (Wildman–Crippen MR) is 59.7 cm³/mol. The number of nitrogens with zero attached hydrogens (tertiary/aromatic N) is 1. The van der Waals surface area contributed by atoms with Crippen LogP contribution >= 0.6 is 0 Å². The second-order valence-corrected chi connectivity index (χ2v) is 4.74. The fourth-order valence-electron chi connectivity index (χ4n) is 2.62. The quantitative estimate of drug-likeness (QED) is 0.542. The first kappa shape index (κ1) is 10.0. The topological polar surface area (TPSA) is 27.1 Å². The molecule has 0 atom stereocenters. The van der Waals surface area contributed by atoms with Crippen LogP contribution in [0, 0.1) is 11.3 Å². The van der Waals surface area contributed by atoms with E-state index in [9.17, 15) is 0 Å². The maximum Gasteiger partial charge on any atom is 0.0991 e. The lowest BCUT2D eigenvalue weighted by Gasteiger charge is -2.31. The SMILES string of the molecule is CCN(C(=N)C1CCCCC1)C1CC1. The molecule has 0 aromatic rings. The number of hydrogen-bond donors (Lipinski definition) is 1.